The summed E-state index contributed by atoms with van der Waals surface area (Å²) in [6.45, 7) is 11.6. The van der Waals surface area contributed by atoms with Crippen molar-refractivity contribution in [1.29, 1.82) is 0 Å². The molecule has 0 aromatic heterocycles. The van der Waals surface area contributed by atoms with E-state index < -0.39 is 0 Å². The van der Waals surface area contributed by atoms with Gasteiger partial charge in [0.05, 0.1) is 12.1 Å². The van der Waals surface area contributed by atoms with Gasteiger partial charge in [-0.1, -0.05) is 34.1 Å². The van der Waals surface area contributed by atoms with E-state index in [-0.39, 0.29) is 12.1 Å². The summed E-state index contributed by atoms with van der Waals surface area (Å²) in [6, 6.07) is 0.255. The summed E-state index contributed by atoms with van der Waals surface area (Å²) < 4.78 is 5.78. The van der Waals surface area contributed by atoms with Crippen LogP contribution in [0.2, 0.25) is 0 Å². The molecule has 0 heterocycles. The van der Waals surface area contributed by atoms with Crippen molar-refractivity contribution >= 4 is 0 Å². The van der Waals surface area contributed by atoms with Crippen LogP contribution in [0.4, 0.5) is 0 Å². The fourth-order valence-corrected chi connectivity index (χ4v) is 2.12. The number of hydrazine groups is 1. The van der Waals surface area contributed by atoms with Gasteiger partial charge in [-0.3, -0.25) is 11.3 Å². The maximum atomic E-state index is 5.78. The second-order valence-corrected chi connectivity index (χ2v) is 4.62. The predicted octanol–water partition coefficient (Wildman–Crippen LogP) is 2.32. The third-order valence-corrected chi connectivity index (χ3v) is 2.92. The maximum Gasteiger partial charge on any atom is 0.0766 e. The number of rotatable bonds is 8. The molecule has 3 unspecified atom stereocenters. The lowest BCUT2D eigenvalue weighted by Crippen LogP contribution is -2.51. The smallest absolute Gasteiger partial charge is 0.0766 e. The first kappa shape index (κ1) is 14.9. The third-order valence-electron chi connectivity index (χ3n) is 2.92. The van der Waals surface area contributed by atoms with Crippen LogP contribution in [0.3, 0.4) is 0 Å². The average Bonchev–Trinajstić information content (AvgIpc) is 2.18. The quantitative estimate of drug-likeness (QED) is 0.483. The molecule has 0 bridgehead atoms. The lowest BCUT2D eigenvalue weighted by molar-refractivity contribution is -0.0110. The van der Waals surface area contributed by atoms with Gasteiger partial charge in [0, 0.05) is 6.61 Å². The molecule has 0 aliphatic carbocycles. The van der Waals surface area contributed by atoms with Gasteiger partial charge in [0.1, 0.15) is 0 Å². The zero-order chi connectivity index (χ0) is 11.8. The Morgan fingerprint density at radius 3 is 2.13 bits per heavy atom. The number of hydrogen-bond donors (Lipinski definition) is 2. The van der Waals surface area contributed by atoms with E-state index in [0.29, 0.717) is 11.8 Å². The van der Waals surface area contributed by atoms with Crippen LogP contribution in [0.5, 0.6) is 0 Å². The van der Waals surface area contributed by atoms with Gasteiger partial charge in [0.2, 0.25) is 0 Å². The zero-order valence-electron chi connectivity index (χ0n) is 10.9. The summed E-state index contributed by atoms with van der Waals surface area (Å²) >= 11 is 0. The molecule has 0 aromatic carbocycles. The van der Waals surface area contributed by atoms with Crippen LogP contribution in [-0.4, -0.2) is 18.8 Å². The molecule has 0 rings (SSSR count). The van der Waals surface area contributed by atoms with Crippen LogP contribution in [0.15, 0.2) is 0 Å². The summed E-state index contributed by atoms with van der Waals surface area (Å²) in [5, 5.41) is 0. The summed E-state index contributed by atoms with van der Waals surface area (Å²) in [7, 11) is 0. The second kappa shape index (κ2) is 8.08. The molecule has 0 saturated carbocycles. The van der Waals surface area contributed by atoms with Gasteiger partial charge in [-0.25, -0.2) is 0 Å². The van der Waals surface area contributed by atoms with Crippen LogP contribution < -0.4 is 11.3 Å². The molecule has 0 spiro atoms. The molecule has 0 fully saturated rings. The van der Waals surface area contributed by atoms with Crippen LogP contribution >= 0.6 is 0 Å². The van der Waals surface area contributed by atoms with E-state index in [1.165, 1.54) is 12.8 Å². The van der Waals surface area contributed by atoms with Gasteiger partial charge < -0.3 is 4.74 Å². The average molecular weight is 216 g/mol. The first-order valence-corrected chi connectivity index (χ1v) is 6.16. The van der Waals surface area contributed by atoms with Crippen molar-refractivity contribution in [1.82, 2.24) is 5.43 Å². The first-order valence-electron chi connectivity index (χ1n) is 6.16. The Kier molecular flexibility index (Phi) is 8.02. The molecule has 92 valence electrons. The lowest BCUT2D eigenvalue weighted by Gasteiger charge is -2.33. The van der Waals surface area contributed by atoms with E-state index in [1.54, 1.807) is 0 Å². The van der Waals surface area contributed by atoms with Crippen molar-refractivity contribution in [3.63, 3.8) is 0 Å². The monoisotopic (exact) mass is 216 g/mol. The molecule has 0 radical (unpaired) electrons. The van der Waals surface area contributed by atoms with Crippen molar-refractivity contribution < 1.29 is 4.74 Å². The molecule has 3 heteroatoms. The summed E-state index contributed by atoms with van der Waals surface area (Å²) in [5.41, 5.74) is 2.93. The molecular weight excluding hydrogens is 188 g/mol. The number of ether oxygens (including phenoxy) is 1. The highest BCUT2D eigenvalue weighted by molar-refractivity contribution is 4.82. The van der Waals surface area contributed by atoms with Crippen molar-refractivity contribution in [2.24, 2.45) is 17.7 Å². The summed E-state index contributed by atoms with van der Waals surface area (Å²) in [6.07, 6.45) is 2.59. The van der Waals surface area contributed by atoms with E-state index in [1.807, 2.05) is 6.92 Å². The number of nitrogens with one attached hydrogen (secondary N) is 1. The van der Waals surface area contributed by atoms with Crippen molar-refractivity contribution in [2.45, 2.75) is 59.6 Å². The minimum Gasteiger partial charge on any atom is -0.377 e. The second-order valence-electron chi connectivity index (χ2n) is 4.62. The fraction of sp³-hybridized carbons (Fsp3) is 1.00. The van der Waals surface area contributed by atoms with Crippen LogP contribution in [0.1, 0.15) is 47.5 Å². The molecule has 15 heavy (non-hydrogen) atoms. The van der Waals surface area contributed by atoms with Crippen molar-refractivity contribution in [3.05, 3.63) is 0 Å². The Morgan fingerprint density at radius 1 is 1.20 bits per heavy atom. The van der Waals surface area contributed by atoms with E-state index in [4.69, 9.17) is 10.6 Å². The van der Waals surface area contributed by atoms with Gasteiger partial charge in [-0.15, -0.1) is 0 Å². The maximum absolute atomic E-state index is 5.78. The fourth-order valence-electron chi connectivity index (χ4n) is 2.12. The zero-order valence-corrected chi connectivity index (χ0v) is 10.9. The standard InChI is InChI=1S/C12H28N2O/c1-6-8-10(5)11(14-13)12(9(3)4)15-7-2/h9-12,14H,6-8,13H2,1-5H3. The topological polar surface area (TPSA) is 47.3 Å². The van der Waals surface area contributed by atoms with Gasteiger partial charge in [0.25, 0.3) is 0 Å². The molecule has 0 aliphatic rings. The lowest BCUT2D eigenvalue weighted by atomic mass is 9.88. The van der Waals surface area contributed by atoms with E-state index in [0.717, 1.165) is 6.61 Å². The third kappa shape index (κ3) is 4.96. The largest absolute Gasteiger partial charge is 0.377 e. The highest BCUT2D eigenvalue weighted by atomic mass is 16.5. The molecule has 3 nitrogen and oxygen atoms in total. The van der Waals surface area contributed by atoms with Crippen LogP contribution in [-0.2, 0) is 4.74 Å². The molecule has 3 atom stereocenters. The Labute approximate surface area is 94.7 Å². The Morgan fingerprint density at radius 2 is 1.80 bits per heavy atom. The van der Waals surface area contributed by atoms with Crippen LogP contribution in [0.25, 0.3) is 0 Å². The number of nitrogens with two attached hydrogens (primary N) is 1. The molecule has 3 N–H and O–H groups in total. The van der Waals surface area contributed by atoms with Gasteiger partial charge in [-0.05, 0) is 25.2 Å². The highest BCUT2D eigenvalue weighted by Gasteiger charge is 2.28. The van der Waals surface area contributed by atoms with Crippen molar-refractivity contribution in [2.75, 3.05) is 6.61 Å². The normalized spacial score (nSPS) is 17.8. The molecule has 0 saturated heterocycles. The van der Waals surface area contributed by atoms with Crippen molar-refractivity contribution in [3.8, 4) is 0 Å². The Bertz CT molecular complexity index is 151. The highest BCUT2D eigenvalue weighted by Crippen LogP contribution is 2.20. The predicted molar refractivity (Wildman–Crippen MR) is 65.4 cm³/mol. The Hall–Kier alpha value is -0.120. The van der Waals surface area contributed by atoms with E-state index in [9.17, 15) is 0 Å². The van der Waals surface area contributed by atoms with E-state index in [2.05, 4.69) is 33.1 Å². The van der Waals surface area contributed by atoms with Gasteiger partial charge >= 0.3 is 0 Å². The molecule has 0 aromatic rings. The molecule has 0 amide bonds. The minimum atomic E-state index is 0.210. The Balaban J connectivity index is 4.42. The SMILES string of the molecule is CCCC(C)C(NN)C(OCC)C(C)C. The molecule has 0 aliphatic heterocycles. The minimum absolute atomic E-state index is 0.210. The molecular formula is C12H28N2O. The number of hydrogen-bond acceptors (Lipinski definition) is 3. The van der Waals surface area contributed by atoms with Crippen LogP contribution in [0, 0.1) is 11.8 Å². The van der Waals surface area contributed by atoms with Gasteiger partial charge in [-0.2, -0.15) is 0 Å². The first-order chi connectivity index (χ1) is 7.08. The van der Waals surface area contributed by atoms with E-state index >= 15 is 0 Å². The van der Waals surface area contributed by atoms with Gasteiger partial charge in [0.15, 0.2) is 0 Å². The summed E-state index contributed by atoms with van der Waals surface area (Å²) in [5.74, 6) is 6.69. The summed E-state index contributed by atoms with van der Waals surface area (Å²) in [4.78, 5) is 0.